The second kappa shape index (κ2) is 5.70. The van der Waals surface area contributed by atoms with E-state index in [-0.39, 0.29) is 5.91 Å². The monoisotopic (exact) mass is 326 g/mol. The first-order chi connectivity index (χ1) is 9.72. The number of carbonyl (C=O) groups excluding carboxylic acids is 1. The standard InChI is InChI=1S/C15H16Cl2N2O2/c1-8-13(9(2)21-19-8)14(20)18-15(3,4)10-5-6-11(16)12(17)7-10/h5-7H,1-4H3,(H,18,20). The average Bonchev–Trinajstić information content (AvgIpc) is 2.71. The van der Waals surface area contributed by atoms with Gasteiger partial charge in [-0.25, -0.2) is 0 Å². The number of aromatic nitrogens is 1. The first kappa shape index (κ1) is 15.9. The van der Waals surface area contributed by atoms with Crippen LogP contribution in [0.3, 0.4) is 0 Å². The Morgan fingerprint density at radius 3 is 2.43 bits per heavy atom. The first-order valence-corrected chi connectivity index (χ1v) is 7.19. The minimum Gasteiger partial charge on any atom is -0.361 e. The zero-order valence-corrected chi connectivity index (χ0v) is 13.8. The van der Waals surface area contributed by atoms with Gasteiger partial charge >= 0.3 is 0 Å². The van der Waals surface area contributed by atoms with Crippen LogP contribution in [-0.4, -0.2) is 11.1 Å². The third kappa shape index (κ3) is 3.22. The highest BCUT2D eigenvalue weighted by molar-refractivity contribution is 6.42. The van der Waals surface area contributed by atoms with Crippen LogP contribution < -0.4 is 5.32 Å². The van der Waals surface area contributed by atoms with Crippen molar-refractivity contribution in [2.24, 2.45) is 0 Å². The van der Waals surface area contributed by atoms with Gasteiger partial charge < -0.3 is 9.84 Å². The van der Waals surface area contributed by atoms with Crippen molar-refractivity contribution in [2.75, 3.05) is 0 Å². The van der Waals surface area contributed by atoms with E-state index in [2.05, 4.69) is 10.5 Å². The largest absolute Gasteiger partial charge is 0.361 e. The Balaban J connectivity index is 2.28. The van der Waals surface area contributed by atoms with Crippen LogP contribution >= 0.6 is 23.2 Å². The van der Waals surface area contributed by atoms with Crippen molar-refractivity contribution in [2.45, 2.75) is 33.2 Å². The molecule has 0 aliphatic heterocycles. The van der Waals surface area contributed by atoms with Gasteiger partial charge in [-0.3, -0.25) is 4.79 Å². The number of nitrogens with zero attached hydrogens (tertiary/aromatic N) is 1. The lowest BCUT2D eigenvalue weighted by atomic mass is 9.93. The maximum atomic E-state index is 12.4. The van der Waals surface area contributed by atoms with Crippen LogP contribution in [0, 0.1) is 13.8 Å². The molecule has 4 nitrogen and oxygen atoms in total. The molecule has 1 N–H and O–H groups in total. The van der Waals surface area contributed by atoms with Gasteiger partial charge in [-0.2, -0.15) is 0 Å². The summed E-state index contributed by atoms with van der Waals surface area (Å²) in [6, 6.07) is 5.29. The van der Waals surface area contributed by atoms with Crippen molar-refractivity contribution in [3.8, 4) is 0 Å². The number of aryl methyl sites for hydroxylation is 2. The van der Waals surface area contributed by atoms with Crippen molar-refractivity contribution in [1.29, 1.82) is 0 Å². The highest BCUT2D eigenvalue weighted by Gasteiger charge is 2.27. The summed E-state index contributed by atoms with van der Waals surface area (Å²) in [7, 11) is 0. The summed E-state index contributed by atoms with van der Waals surface area (Å²) in [5.41, 5.74) is 1.27. The second-order valence-electron chi connectivity index (χ2n) is 5.41. The van der Waals surface area contributed by atoms with Gasteiger partial charge in [-0.05, 0) is 45.4 Å². The molecule has 0 aliphatic rings. The number of hydrogen-bond donors (Lipinski definition) is 1. The molecule has 1 heterocycles. The van der Waals surface area contributed by atoms with Gasteiger partial charge in [0.2, 0.25) is 0 Å². The molecule has 0 saturated carbocycles. The minimum absolute atomic E-state index is 0.234. The summed E-state index contributed by atoms with van der Waals surface area (Å²) in [6.07, 6.45) is 0. The van der Waals surface area contributed by atoms with Crippen molar-refractivity contribution in [3.63, 3.8) is 0 Å². The molecule has 0 unspecified atom stereocenters. The number of amides is 1. The fourth-order valence-corrected chi connectivity index (χ4v) is 2.41. The molecular formula is C15H16Cl2N2O2. The van der Waals surface area contributed by atoms with Gasteiger partial charge in [-0.1, -0.05) is 34.4 Å². The van der Waals surface area contributed by atoms with E-state index < -0.39 is 5.54 Å². The summed E-state index contributed by atoms with van der Waals surface area (Å²) in [5, 5.41) is 7.69. The fraction of sp³-hybridized carbons (Fsp3) is 0.333. The highest BCUT2D eigenvalue weighted by Crippen LogP contribution is 2.29. The summed E-state index contributed by atoms with van der Waals surface area (Å²) in [4.78, 5) is 12.4. The molecule has 1 aromatic carbocycles. The minimum atomic E-state index is -0.610. The smallest absolute Gasteiger partial charge is 0.257 e. The molecule has 6 heteroatoms. The van der Waals surface area contributed by atoms with Crippen molar-refractivity contribution in [1.82, 2.24) is 10.5 Å². The van der Waals surface area contributed by atoms with Crippen molar-refractivity contribution >= 4 is 29.1 Å². The Bertz CT molecular complexity index is 673. The summed E-state index contributed by atoms with van der Waals surface area (Å²) >= 11 is 12.0. The second-order valence-corrected chi connectivity index (χ2v) is 6.22. The number of nitrogens with one attached hydrogen (secondary N) is 1. The third-order valence-electron chi connectivity index (χ3n) is 3.33. The third-order valence-corrected chi connectivity index (χ3v) is 4.07. The number of carbonyl (C=O) groups is 1. The lowest BCUT2D eigenvalue weighted by Gasteiger charge is -2.27. The molecule has 2 aromatic rings. The molecule has 0 aliphatic carbocycles. The number of halogens is 2. The molecule has 0 spiro atoms. The Morgan fingerprint density at radius 1 is 1.24 bits per heavy atom. The Kier molecular flexibility index (Phi) is 4.30. The molecule has 0 saturated heterocycles. The van der Waals surface area contributed by atoms with E-state index >= 15 is 0 Å². The Hall–Kier alpha value is -1.52. The fourth-order valence-electron chi connectivity index (χ4n) is 2.11. The number of rotatable bonds is 3. The summed E-state index contributed by atoms with van der Waals surface area (Å²) < 4.78 is 5.02. The van der Waals surface area contributed by atoms with Gasteiger partial charge in [0, 0.05) is 0 Å². The normalized spacial score (nSPS) is 11.5. The molecule has 0 radical (unpaired) electrons. The lowest BCUT2D eigenvalue weighted by Crippen LogP contribution is -2.41. The van der Waals surface area contributed by atoms with Gasteiger partial charge in [0.15, 0.2) is 0 Å². The van der Waals surface area contributed by atoms with E-state index in [1.165, 1.54) is 0 Å². The van der Waals surface area contributed by atoms with E-state index in [0.29, 0.717) is 27.1 Å². The maximum absolute atomic E-state index is 12.4. The molecule has 0 fully saturated rings. The van der Waals surface area contributed by atoms with Crippen LogP contribution in [0.4, 0.5) is 0 Å². The first-order valence-electron chi connectivity index (χ1n) is 6.43. The summed E-state index contributed by atoms with van der Waals surface area (Å²) in [5.74, 6) is 0.261. The predicted molar refractivity (Wildman–Crippen MR) is 82.9 cm³/mol. The Morgan fingerprint density at radius 2 is 1.90 bits per heavy atom. The van der Waals surface area contributed by atoms with E-state index in [4.69, 9.17) is 27.7 Å². The van der Waals surface area contributed by atoms with Crippen LogP contribution in [-0.2, 0) is 5.54 Å². The number of hydrogen-bond acceptors (Lipinski definition) is 3. The molecular weight excluding hydrogens is 311 g/mol. The van der Waals surface area contributed by atoms with E-state index in [9.17, 15) is 4.79 Å². The molecule has 0 atom stereocenters. The molecule has 112 valence electrons. The maximum Gasteiger partial charge on any atom is 0.257 e. The molecule has 1 aromatic heterocycles. The van der Waals surface area contributed by atoms with Crippen LogP contribution in [0.15, 0.2) is 22.7 Å². The zero-order chi connectivity index (χ0) is 15.8. The molecule has 1 amide bonds. The van der Waals surface area contributed by atoms with Crippen molar-refractivity contribution < 1.29 is 9.32 Å². The van der Waals surface area contributed by atoms with Gasteiger partial charge in [0.25, 0.3) is 5.91 Å². The molecule has 0 bridgehead atoms. The van der Waals surface area contributed by atoms with Gasteiger partial charge in [0.1, 0.15) is 11.3 Å². The Labute approximate surface area is 133 Å². The van der Waals surface area contributed by atoms with Crippen molar-refractivity contribution in [3.05, 3.63) is 50.8 Å². The van der Waals surface area contributed by atoms with E-state index in [0.717, 1.165) is 5.56 Å². The topological polar surface area (TPSA) is 55.1 Å². The van der Waals surface area contributed by atoms with Crippen LogP contribution in [0.25, 0.3) is 0 Å². The number of benzene rings is 1. The molecule has 2 rings (SSSR count). The van der Waals surface area contributed by atoms with Gasteiger partial charge in [-0.15, -0.1) is 0 Å². The zero-order valence-electron chi connectivity index (χ0n) is 12.3. The predicted octanol–water partition coefficient (Wildman–Crippen LogP) is 4.26. The SMILES string of the molecule is Cc1noc(C)c1C(=O)NC(C)(C)c1ccc(Cl)c(Cl)c1. The van der Waals surface area contributed by atoms with Gasteiger partial charge in [0.05, 0.1) is 21.3 Å². The van der Waals surface area contributed by atoms with Crippen LogP contribution in [0.5, 0.6) is 0 Å². The van der Waals surface area contributed by atoms with Crippen LogP contribution in [0.1, 0.15) is 41.2 Å². The van der Waals surface area contributed by atoms with E-state index in [1.54, 1.807) is 26.0 Å². The highest BCUT2D eigenvalue weighted by atomic mass is 35.5. The summed E-state index contributed by atoms with van der Waals surface area (Å²) in [6.45, 7) is 7.23. The van der Waals surface area contributed by atoms with E-state index in [1.807, 2.05) is 19.9 Å². The molecule has 21 heavy (non-hydrogen) atoms. The average molecular weight is 327 g/mol. The quantitative estimate of drug-likeness (QED) is 0.916. The lowest BCUT2D eigenvalue weighted by molar-refractivity contribution is 0.0910. The van der Waals surface area contributed by atoms with Crippen LogP contribution in [0.2, 0.25) is 10.0 Å².